The van der Waals surface area contributed by atoms with Gasteiger partial charge in [-0.2, -0.15) is 0 Å². The Morgan fingerprint density at radius 2 is 2.33 bits per heavy atom. The summed E-state index contributed by atoms with van der Waals surface area (Å²) in [4.78, 5) is 0. The van der Waals surface area contributed by atoms with Crippen molar-refractivity contribution < 1.29 is 4.52 Å². The lowest BCUT2D eigenvalue weighted by molar-refractivity contribution is 0.362. The largest absolute Gasteiger partial charge is 0.361 e. The first kappa shape index (κ1) is 10.2. The van der Waals surface area contributed by atoms with Crippen molar-refractivity contribution in [3.8, 4) is 0 Å². The molecular weight excluding hydrogens is 186 g/mol. The normalized spacial score (nSPS) is 20.1. The molecule has 0 saturated heterocycles. The Labute approximate surface area is 90.7 Å². The van der Waals surface area contributed by atoms with E-state index in [0.29, 0.717) is 11.8 Å². The molecule has 0 amide bonds. The molecule has 0 bridgehead atoms. The molecule has 1 aromatic heterocycles. The summed E-state index contributed by atoms with van der Waals surface area (Å²) < 4.78 is 5.32. The molecule has 15 heavy (non-hydrogen) atoms. The minimum Gasteiger partial charge on any atom is -0.361 e. The van der Waals surface area contributed by atoms with Gasteiger partial charge in [0.2, 0.25) is 0 Å². The summed E-state index contributed by atoms with van der Waals surface area (Å²) in [6.07, 6.45) is 10.5. The van der Waals surface area contributed by atoms with Crippen molar-refractivity contribution >= 4 is 0 Å². The second-order valence-corrected chi connectivity index (χ2v) is 4.47. The number of hydrogen-bond acceptors (Lipinski definition) is 2. The van der Waals surface area contributed by atoms with E-state index in [2.05, 4.69) is 49.4 Å². The van der Waals surface area contributed by atoms with E-state index in [-0.39, 0.29) is 0 Å². The second kappa shape index (κ2) is 4.47. The third-order valence-electron chi connectivity index (χ3n) is 2.55. The lowest BCUT2D eigenvalue weighted by Crippen LogP contribution is -1.96. The molecule has 0 spiro atoms. The Balaban J connectivity index is 2.06. The Bertz CT molecular complexity index is 374. The average molecular weight is 203 g/mol. The molecule has 80 valence electrons. The van der Waals surface area contributed by atoms with Crippen molar-refractivity contribution in [1.29, 1.82) is 0 Å². The van der Waals surface area contributed by atoms with Crippen molar-refractivity contribution in [2.45, 2.75) is 32.6 Å². The van der Waals surface area contributed by atoms with Crippen LogP contribution >= 0.6 is 0 Å². The lowest BCUT2D eigenvalue weighted by Gasteiger charge is -2.07. The lowest BCUT2D eigenvalue weighted by atomic mass is 9.97. The molecule has 0 saturated carbocycles. The van der Waals surface area contributed by atoms with Gasteiger partial charge in [-0.15, -0.1) is 0 Å². The zero-order valence-corrected chi connectivity index (χ0v) is 9.31. The van der Waals surface area contributed by atoms with Crippen LogP contribution in [0.4, 0.5) is 0 Å². The highest BCUT2D eigenvalue weighted by molar-refractivity contribution is 5.23. The first-order valence-electron chi connectivity index (χ1n) is 5.54. The van der Waals surface area contributed by atoms with Crippen LogP contribution in [0.1, 0.15) is 37.6 Å². The Morgan fingerprint density at radius 3 is 3.00 bits per heavy atom. The monoisotopic (exact) mass is 203 g/mol. The SMILES string of the molecule is CC(C)Cc1cc(C2C=CC=CC2)no1. The van der Waals surface area contributed by atoms with Crippen LogP contribution in [0, 0.1) is 5.92 Å². The summed E-state index contributed by atoms with van der Waals surface area (Å²) in [5, 5.41) is 4.13. The van der Waals surface area contributed by atoms with E-state index >= 15 is 0 Å². The number of aromatic nitrogens is 1. The summed E-state index contributed by atoms with van der Waals surface area (Å²) in [5.74, 6) is 2.02. The molecule has 1 aliphatic rings. The molecule has 0 radical (unpaired) electrons. The highest BCUT2D eigenvalue weighted by atomic mass is 16.5. The van der Waals surface area contributed by atoms with Gasteiger partial charge >= 0.3 is 0 Å². The number of nitrogens with zero attached hydrogens (tertiary/aromatic N) is 1. The van der Waals surface area contributed by atoms with Crippen LogP contribution in [0.5, 0.6) is 0 Å². The highest BCUT2D eigenvalue weighted by Gasteiger charge is 2.14. The van der Waals surface area contributed by atoms with Crippen molar-refractivity contribution in [2.24, 2.45) is 5.92 Å². The number of allylic oxidation sites excluding steroid dienone is 4. The zero-order chi connectivity index (χ0) is 10.7. The first-order chi connectivity index (χ1) is 7.25. The summed E-state index contributed by atoms with van der Waals surface area (Å²) in [7, 11) is 0. The third-order valence-corrected chi connectivity index (χ3v) is 2.55. The van der Waals surface area contributed by atoms with Crippen LogP contribution < -0.4 is 0 Å². The molecule has 1 aromatic rings. The summed E-state index contributed by atoms with van der Waals surface area (Å²) in [5.41, 5.74) is 1.06. The fraction of sp³-hybridized carbons (Fsp3) is 0.462. The molecular formula is C13H17NO. The zero-order valence-electron chi connectivity index (χ0n) is 9.31. The van der Waals surface area contributed by atoms with E-state index in [0.717, 1.165) is 24.3 Å². The van der Waals surface area contributed by atoms with Gasteiger partial charge in [-0.3, -0.25) is 0 Å². The molecule has 0 aromatic carbocycles. The van der Waals surface area contributed by atoms with Crippen molar-refractivity contribution in [3.63, 3.8) is 0 Å². The maximum absolute atomic E-state index is 5.32. The van der Waals surface area contributed by atoms with E-state index in [9.17, 15) is 0 Å². The van der Waals surface area contributed by atoms with E-state index in [1.54, 1.807) is 0 Å². The maximum Gasteiger partial charge on any atom is 0.137 e. The van der Waals surface area contributed by atoms with E-state index in [1.807, 2.05) is 0 Å². The Morgan fingerprint density at radius 1 is 1.47 bits per heavy atom. The van der Waals surface area contributed by atoms with Crippen LogP contribution in [-0.4, -0.2) is 5.16 Å². The molecule has 0 N–H and O–H groups in total. The maximum atomic E-state index is 5.32. The molecule has 1 unspecified atom stereocenters. The van der Waals surface area contributed by atoms with E-state index in [1.165, 1.54) is 0 Å². The van der Waals surface area contributed by atoms with Gasteiger partial charge in [0.05, 0.1) is 5.69 Å². The van der Waals surface area contributed by atoms with Crippen LogP contribution in [0.15, 0.2) is 34.9 Å². The van der Waals surface area contributed by atoms with Gasteiger partial charge in [0.15, 0.2) is 0 Å². The minimum atomic E-state index is 0.402. The van der Waals surface area contributed by atoms with Gasteiger partial charge in [-0.1, -0.05) is 43.3 Å². The number of rotatable bonds is 3. The molecule has 0 aliphatic heterocycles. The molecule has 1 atom stereocenters. The van der Waals surface area contributed by atoms with Crippen molar-refractivity contribution in [1.82, 2.24) is 5.16 Å². The molecule has 1 heterocycles. The van der Waals surface area contributed by atoms with Crippen LogP contribution in [0.3, 0.4) is 0 Å². The molecule has 2 nitrogen and oxygen atoms in total. The third kappa shape index (κ3) is 2.58. The fourth-order valence-corrected chi connectivity index (χ4v) is 1.80. The smallest absolute Gasteiger partial charge is 0.137 e. The van der Waals surface area contributed by atoms with Gasteiger partial charge in [0.1, 0.15) is 5.76 Å². The van der Waals surface area contributed by atoms with Gasteiger partial charge in [0, 0.05) is 18.4 Å². The van der Waals surface area contributed by atoms with Gasteiger partial charge in [0.25, 0.3) is 0 Å². The topological polar surface area (TPSA) is 26.0 Å². The fourth-order valence-electron chi connectivity index (χ4n) is 1.80. The second-order valence-electron chi connectivity index (χ2n) is 4.47. The average Bonchev–Trinajstić information content (AvgIpc) is 2.67. The van der Waals surface area contributed by atoms with Crippen LogP contribution in [-0.2, 0) is 6.42 Å². The van der Waals surface area contributed by atoms with Crippen molar-refractivity contribution in [2.75, 3.05) is 0 Å². The molecule has 0 fully saturated rings. The quantitative estimate of drug-likeness (QED) is 0.751. The summed E-state index contributed by atoms with van der Waals surface area (Å²) >= 11 is 0. The van der Waals surface area contributed by atoms with Gasteiger partial charge < -0.3 is 4.52 Å². The van der Waals surface area contributed by atoms with Crippen LogP contribution in [0.2, 0.25) is 0 Å². The van der Waals surface area contributed by atoms with Crippen molar-refractivity contribution in [3.05, 3.63) is 41.8 Å². The predicted octanol–water partition coefficient (Wildman–Crippen LogP) is 3.47. The van der Waals surface area contributed by atoms with E-state index in [4.69, 9.17) is 4.52 Å². The molecule has 1 aliphatic carbocycles. The molecule has 2 rings (SSSR count). The van der Waals surface area contributed by atoms with E-state index < -0.39 is 0 Å². The Kier molecular flexibility index (Phi) is 3.05. The molecule has 2 heteroatoms. The summed E-state index contributed by atoms with van der Waals surface area (Å²) in [6, 6.07) is 2.09. The minimum absolute atomic E-state index is 0.402. The number of hydrogen-bond donors (Lipinski definition) is 0. The standard InChI is InChI=1S/C13H17NO/c1-10(2)8-12-9-13(14-15-12)11-6-4-3-5-7-11/h3-6,9-11H,7-8H2,1-2H3. The Hall–Kier alpha value is -1.31. The predicted molar refractivity (Wildman–Crippen MR) is 60.7 cm³/mol. The van der Waals surface area contributed by atoms with Gasteiger partial charge in [-0.25, -0.2) is 0 Å². The highest BCUT2D eigenvalue weighted by Crippen LogP contribution is 2.24. The first-order valence-corrected chi connectivity index (χ1v) is 5.54. The van der Waals surface area contributed by atoms with Gasteiger partial charge in [-0.05, 0) is 12.3 Å². The van der Waals surface area contributed by atoms with Crippen LogP contribution in [0.25, 0.3) is 0 Å². The summed E-state index contributed by atoms with van der Waals surface area (Å²) in [6.45, 7) is 4.37.